The summed E-state index contributed by atoms with van der Waals surface area (Å²) in [7, 11) is 0. The van der Waals surface area contributed by atoms with Gasteiger partial charge in [0.1, 0.15) is 11.6 Å². The molecule has 2 heterocycles. The van der Waals surface area contributed by atoms with Crippen molar-refractivity contribution in [3.8, 4) is 5.75 Å². The molecular formula is C23H27N3O2. The molecular weight excluding hydrogens is 350 g/mol. The Morgan fingerprint density at radius 2 is 2.11 bits per heavy atom. The zero-order chi connectivity index (χ0) is 19.5. The number of fused-ring (bicyclic) bond motifs is 2. The summed E-state index contributed by atoms with van der Waals surface area (Å²) in [5.74, 6) is 2.33. The van der Waals surface area contributed by atoms with E-state index in [4.69, 9.17) is 9.72 Å². The molecule has 0 bridgehead atoms. The van der Waals surface area contributed by atoms with E-state index in [1.54, 1.807) is 0 Å². The predicted octanol–water partition coefficient (Wildman–Crippen LogP) is 4.33. The summed E-state index contributed by atoms with van der Waals surface area (Å²) in [6.07, 6.45) is 3.00. The van der Waals surface area contributed by atoms with Gasteiger partial charge in [0.2, 0.25) is 5.91 Å². The van der Waals surface area contributed by atoms with E-state index in [-0.39, 0.29) is 11.9 Å². The highest BCUT2D eigenvalue weighted by Gasteiger charge is 2.20. The molecule has 1 amide bonds. The summed E-state index contributed by atoms with van der Waals surface area (Å²) in [5.41, 5.74) is 4.36. The fourth-order valence-electron chi connectivity index (χ4n) is 3.77. The van der Waals surface area contributed by atoms with Crippen LogP contribution in [-0.2, 0) is 17.6 Å². The zero-order valence-corrected chi connectivity index (χ0v) is 16.5. The standard InChI is InChI=1S/C23H27N3O2/c1-15(2)13-20(23-25-18-5-3-4-6-19(18)26-23)24-22(27)10-8-16-7-9-21-17(14-16)11-12-28-21/h3-7,9,14-15,20H,8,10-13H2,1-2H3,(H,24,27)(H,25,26). The van der Waals surface area contributed by atoms with Crippen LogP contribution in [0.2, 0.25) is 0 Å². The van der Waals surface area contributed by atoms with E-state index < -0.39 is 0 Å². The number of aromatic nitrogens is 2. The molecule has 0 fully saturated rings. The minimum atomic E-state index is -0.103. The van der Waals surface area contributed by atoms with Gasteiger partial charge in [-0.2, -0.15) is 0 Å². The summed E-state index contributed by atoms with van der Waals surface area (Å²) in [4.78, 5) is 20.7. The van der Waals surface area contributed by atoms with Gasteiger partial charge >= 0.3 is 0 Å². The maximum absolute atomic E-state index is 12.7. The molecule has 2 aromatic carbocycles. The smallest absolute Gasteiger partial charge is 0.220 e. The van der Waals surface area contributed by atoms with E-state index in [1.807, 2.05) is 30.3 Å². The molecule has 5 heteroatoms. The van der Waals surface area contributed by atoms with Crippen molar-refractivity contribution >= 4 is 16.9 Å². The predicted molar refractivity (Wildman–Crippen MR) is 110 cm³/mol. The number of ether oxygens (including phenoxy) is 1. The Bertz CT molecular complexity index is 944. The van der Waals surface area contributed by atoms with Crippen LogP contribution in [0.25, 0.3) is 11.0 Å². The summed E-state index contributed by atoms with van der Waals surface area (Å²) in [6.45, 7) is 5.08. The molecule has 1 aliphatic heterocycles. The highest BCUT2D eigenvalue weighted by molar-refractivity contribution is 5.77. The molecule has 1 unspecified atom stereocenters. The van der Waals surface area contributed by atoms with Crippen molar-refractivity contribution in [2.24, 2.45) is 5.92 Å². The lowest BCUT2D eigenvalue weighted by atomic mass is 10.0. The van der Waals surface area contributed by atoms with Crippen LogP contribution in [0.5, 0.6) is 5.75 Å². The van der Waals surface area contributed by atoms with Gasteiger partial charge < -0.3 is 15.0 Å². The zero-order valence-electron chi connectivity index (χ0n) is 16.5. The number of aromatic amines is 1. The van der Waals surface area contributed by atoms with Crippen LogP contribution in [0.3, 0.4) is 0 Å². The molecule has 0 saturated carbocycles. The van der Waals surface area contributed by atoms with Crippen molar-refractivity contribution in [2.75, 3.05) is 6.61 Å². The first-order valence-corrected chi connectivity index (χ1v) is 10.1. The van der Waals surface area contributed by atoms with E-state index in [9.17, 15) is 4.79 Å². The molecule has 146 valence electrons. The number of nitrogens with one attached hydrogen (secondary N) is 2. The first kappa shape index (κ1) is 18.5. The lowest BCUT2D eigenvalue weighted by Crippen LogP contribution is -2.30. The number of benzene rings is 2. The highest BCUT2D eigenvalue weighted by atomic mass is 16.5. The lowest BCUT2D eigenvalue weighted by molar-refractivity contribution is -0.122. The quantitative estimate of drug-likeness (QED) is 0.644. The third-order valence-electron chi connectivity index (χ3n) is 5.17. The topological polar surface area (TPSA) is 67.0 Å². The fraction of sp³-hybridized carbons (Fsp3) is 0.391. The van der Waals surface area contributed by atoms with Gasteiger partial charge in [0, 0.05) is 12.8 Å². The lowest BCUT2D eigenvalue weighted by Gasteiger charge is -2.19. The number of para-hydroxylation sites is 2. The summed E-state index contributed by atoms with van der Waals surface area (Å²) in [6, 6.07) is 14.1. The number of rotatable bonds is 7. The maximum Gasteiger partial charge on any atom is 0.220 e. The number of H-pyrrole nitrogens is 1. The normalized spacial score (nSPS) is 14.1. The molecule has 0 saturated heterocycles. The monoisotopic (exact) mass is 377 g/mol. The van der Waals surface area contributed by atoms with Gasteiger partial charge in [-0.1, -0.05) is 38.1 Å². The van der Waals surface area contributed by atoms with Gasteiger partial charge in [0.15, 0.2) is 0 Å². The molecule has 3 aromatic rings. The molecule has 0 aliphatic carbocycles. The fourth-order valence-corrected chi connectivity index (χ4v) is 3.77. The van der Waals surface area contributed by atoms with Crippen LogP contribution in [0.1, 0.15) is 49.7 Å². The molecule has 28 heavy (non-hydrogen) atoms. The number of hydrogen-bond donors (Lipinski definition) is 2. The largest absolute Gasteiger partial charge is 0.493 e. The minimum absolute atomic E-state index is 0.0582. The Morgan fingerprint density at radius 3 is 2.93 bits per heavy atom. The molecule has 2 N–H and O–H groups in total. The Morgan fingerprint density at radius 1 is 1.25 bits per heavy atom. The SMILES string of the molecule is CC(C)CC(NC(=O)CCc1ccc2c(c1)CCO2)c1nc2ccccc2[nH]1. The number of hydrogen-bond acceptors (Lipinski definition) is 3. The van der Waals surface area contributed by atoms with Gasteiger partial charge in [0.05, 0.1) is 23.7 Å². The van der Waals surface area contributed by atoms with Gasteiger partial charge in [-0.15, -0.1) is 0 Å². The van der Waals surface area contributed by atoms with Crippen molar-refractivity contribution in [3.63, 3.8) is 0 Å². The molecule has 0 radical (unpaired) electrons. The Kier molecular flexibility index (Phi) is 5.33. The van der Waals surface area contributed by atoms with Gasteiger partial charge in [0.25, 0.3) is 0 Å². The second-order valence-electron chi connectivity index (χ2n) is 7.93. The van der Waals surface area contributed by atoms with Crippen molar-refractivity contribution in [2.45, 2.75) is 45.6 Å². The molecule has 1 aromatic heterocycles. The highest BCUT2D eigenvalue weighted by Crippen LogP contribution is 2.26. The average molecular weight is 377 g/mol. The number of amides is 1. The second kappa shape index (κ2) is 8.05. The van der Waals surface area contributed by atoms with Crippen LogP contribution >= 0.6 is 0 Å². The average Bonchev–Trinajstić information content (AvgIpc) is 3.31. The second-order valence-corrected chi connectivity index (χ2v) is 7.93. The van der Waals surface area contributed by atoms with Crippen LogP contribution in [0, 0.1) is 5.92 Å². The van der Waals surface area contributed by atoms with Crippen LogP contribution in [0.4, 0.5) is 0 Å². The number of nitrogens with zero attached hydrogens (tertiary/aromatic N) is 1. The maximum atomic E-state index is 12.7. The van der Waals surface area contributed by atoms with Crippen LogP contribution in [0.15, 0.2) is 42.5 Å². The first-order chi connectivity index (χ1) is 13.6. The van der Waals surface area contributed by atoms with Crippen LogP contribution < -0.4 is 10.1 Å². The summed E-state index contributed by atoms with van der Waals surface area (Å²) < 4.78 is 5.55. The van der Waals surface area contributed by atoms with E-state index >= 15 is 0 Å². The van der Waals surface area contributed by atoms with Crippen molar-refractivity contribution < 1.29 is 9.53 Å². The molecule has 1 aliphatic rings. The first-order valence-electron chi connectivity index (χ1n) is 10.1. The number of imidazole rings is 1. The Balaban J connectivity index is 1.42. The summed E-state index contributed by atoms with van der Waals surface area (Å²) in [5, 5.41) is 3.19. The van der Waals surface area contributed by atoms with Gasteiger partial charge in [-0.05, 0) is 48.1 Å². The van der Waals surface area contributed by atoms with E-state index in [2.05, 4.69) is 36.3 Å². The molecule has 5 nitrogen and oxygen atoms in total. The van der Waals surface area contributed by atoms with Crippen molar-refractivity contribution in [3.05, 3.63) is 59.4 Å². The van der Waals surface area contributed by atoms with Crippen molar-refractivity contribution in [1.29, 1.82) is 0 Å². The third kappa shape index (κ3) is 4.19. The number of carbonyl (C=O) groups is 1. The van der Waals surface area contributed by atoms with Gasteiger partial charge in [-0.25, -0.2) is 4.98 Å². The number of carbonyl (C=O) groups excluding carboxylic acids is 1. The Labute approximate surface area is 165 Å². The van der Waals surface area contributed by atoms with Gasteiger partial charge in [-0.3, -0.25) is 4.79 Å². The Hall–Kier alpha value is -2.82. The molecule has 1 atom stereocenters. The van der Waals surface area contributed by atoms with E-state index in [0.29, 0.717) is 12.3 Å². The van der Waals surface area contributed by atoms with E-state index in [0.717, 1.165) is 48.5 Å². The van der Waals surface area contributed by atoms with Crippen LogP contribution in [-0.4, -0.2) is 22.5 Å². The molecule has 0 spiro atoms. The third-order valence-corrected chi connectivity index (χ3v) is 5.17. The van der Waals surface area contributed by atoms with Crippen molar-refractivity contribution in [1.82, 2.24) is 15.3 Å². The summed E-state index contributed by atoms with van der Waals surface area (Å²) >= 11 is 0. The van der Waals surface area contributed by atoms with E-state index in [1.165, 1.54) is 11.1 Å². The number of aryl methyl sites for hydroxylation is 1. The minimum Gasteiger partial charge on any atom is -0.493 e. The molecule has 4 rings (SSSR count).